The number of benzene rings is 1. The topological polar surface area (TPSA) is 23.8 Å². The summed E-state index contributed by atoms with van der Waals surface area (Å²) in [5, 5.41) is 9.33. The van der Waals surface area contributed by atoms with E-state index in [1.807, 2.05) is 18.2 Å². The van der Waals surface area contributed by atoms with Crippen molar-refractivity contribution in [2.75, 3.05) is 0 Å². The minimum absolute atomic E-state index is 0.473. The number of hydrogen-bond donors (Lipinski definition) is 0. The third-order valence-electron chi connectivity index (χ3n) is 1.62. The number of halogens is 2. The van der Waals surface area contributed by atoms with E-state index in [9.17, 15) is 0 Å². The minimum atomic E-state index is 0.473. The Labute approximate surface area is 88.7 Å². The average Bonchev–Trinajstić information content (AvgIpc) is 2.05. The van der Waals surface area contributed by atoms with Crippen LogP contribution in [0.5, 0.6) is 0 Å². The van der Waals surface area contributed by atoms with E-state index in [2.05, 4.69) is 37.9 Å². The molecule has 0 amide bonds. The van der Waals surface area contributed by atoms with Gasteiger partial charge in [-0.2, -0.15) is 5.26 Å². The minimum Gasteiger partial charge on any atom is -0.198 e. The number of hydrogen-bond acceptors (Lipinski definition) is 1. The smallest absolute Gasteiger partial charge is 0.0669 e. The first-order chi connectivity index (χ1) is 5.79. The van der Waals surface area contributed by atoms with Crippen LogP contribution in [0.1, 0.15) is 11.1 Å². The second kappa shape index (κ2) is 4.64. The van der Waals surface area contributed by atoms with Crippen LogP contribution in [0.15, 0.2) is 22.7 Å². The summed E-state index contributed by atoms with van der Waals surface area (Å²) in [5.41, 5.74) is 2.25. The molecule has 0 heterocycles. The quantitative estimate of drug-likeness (QED) is 0.765. The van der Waals surface area contributed by atoms with E-state index >= 15 is 0 Å². The van der Waals surface area contributed by atoms with Crippen LogP contribution in [0.25, 0.3) is 0 Å². The van der Waals surface area contributed by atoms with Crippen LogP contribution in [0.3, 0.4) is 0 Å². The Bertz CT molecular complexity index is 315. The van der Waals surface area contributed by atoms with Gasteiger partial charge >= 0.3 is 0 Å². The average molecular weight is 289 g/mol. The lowest BCUT2D eigenvalue weighted by Gasteiger charge is -2.04. The highest BCUT2D eigenvalue weighted by atomic mass is 79.9. The van der Waals surface area contributed by atoms with Gasteiger partial charge in [-0.25, -0.2) is 0 Å². The maximum Gasteiger partial charge on any atom is 0.0669 e. The highest BCUT2D eigenvalue weighted by molar-refractivity contribution is 9.10. The maximum absolute atomic E-state index is 8.55. The van der Waals surface area contributed by atoms with Crippen LogP contribution in [-0.4, -0.2) is 0 Å². The van der Waals surface area contributed by atoms with Crippen molar-refractivity contribution < 1.29 is 0 Å². The SMILES string of the molecule is N#CCc1cccc(Br)c1CBr. The summed E-state index contributed by atoms with van der Waals surface area (Å²) in [6.07, 6.45) is 0.473. The molecule has 0 bridgehead atoms. The predicted molar refractivity (Wildman–Crippen MR) is 56.1 cm³/mol. The van der Waals surface area contributed by atoms with Gasteiger partial charge < -0.3 is 0 Å². The van der Waals surface area contributed by atoms with Gasteiger partial charge in [0.05, 0.1) is 12.5 Å². The molecule has 1 aromatic rings. The molecule has 0 aliphatic carbocycles. The standard InChI is InChI=1S/C9H7Br2N/c10-6-8-7(4-5-12)2-1-3-9(8)11/h1-3H,4,6H2. The van der Waals surface area contributed by atoms with Gasteiger partial charge in [0.15, 0.2) is 0 Å². The van der Waals surface area contributed by atoms with E-state index in [1.54, 1.807) is 0 Å². The van der Waals surface area contributed by atoms with Crippen molar-refractivity contribution in [3.63, 3.8) is 0 Å². The predicted octanol–water partition coefficient (Wildman–Crippen LogP) is 3.41. The normalized spacial score (nSPS) is 9.42. The Hall–Kier alpha value is -0.330. The lowest BCUT2D eigenvalue weighted by atomic mass is 10.1. The molecule has 62 valence electrons. The number of alkyl halides is 1. The zero-order chi connectivity index (χ0) is 8.97. The molecule has 0 N–H and O–H groups in total. The Morgan fingerprint density at radius 2 is 2.17 bits per heavy atom. The highest BCUT2D eigenvalue weighted by Crippen LogP contribution is 2.23. The van der Waals surface area contributed by atoms with Crippen molar-refractivity contribution >= 4 is 31.9 Å². The monoisotopic (exact) mass is 287 g/mol. The summed E-state index contributed by atoms with van der Waals surface area (Å²) in [6.45, 7) is 0. The molecule has 0 unspecified atom stereocenters. The molecule has 1 nitrogen and oxygen atoms in total. The molecule has 0 atom stereocenters. The lowest BCUT2D eigenvalue weighted by molar-refractivity contribution is 1.19. The summed E-state index contributed by atoms with van der Waals surface area (Å²) in [6, 6.07) is 8.05. The van der Waals surface area contributed by atoms with E-state index in [-0.39, 0.29) is 0 Å². The second-order valence-electron chi connectivity index (χ2n) is 2.35. The van der Waals surface area contributed by atoms with Crippen LogP contribution in [0, 0.1) is 11.3 Å². The number of nitriles is 1. The van der Waals surface area contributed by atoms with Gasteiger partial charge in [-0.05, 0) is 17.2 Å². The summed E-state index contributed by atoms with van der Waals surface area (Å²) >= 11 is 6.83. The van der Waals surface area contributed by atoms with E-state index in [1.165, 1.54) is 5.56 Å². The Kier molecular flexibility index (Phi) is 3.77. The van der Waals surface area contributed by atoms with Crippen molar-refractivity contribution in [1.82, 2.24) is 0 Å². The first-order valence-corrected chi connectivity index (χ1v) is 5.40. The molecule has 0 radical (unpaired) electrons. The van der Waals surface area contributed by atoms with Gasteiger partial charge in [0.25, 0.3) is 0 Å². The van der Waals surface area contributed by atoms with E-state index in [4.69, 9.17) is 5.26 Å². The van der Waals surface area contributed by atoms with Crippen LogP contribution < -0.4 is 0 Å². The third kappa shape index (κ3) is 2.09. The summed E-state index contributed by atoms with van der Waals surface area (Å²) in [4.78, 5) is 0. The summed E-state index contributed by atoms with van der Waals surface area (Å²) in [7, 11) is 0. The van der Waals surface area contributed by atoms with Crippen molar-refractivity contribution in [2.24, 2.45) is 0 Å². The number of rotatable bonds is 2. The number of nitrogens with zero attached hydrogens (tertiary/aromatic N) is 1. The van der Waals surface area contributed by atoms with Crippen molar-refractivity contribution in [3.05, 3.63) is 33.8 Å². The van der Waals surface area contributed by atoms with Crippen LogP contribution in [0.2, 0.25) is 0 Å². The highest BCUT2D eigenvalue weighted by Gasteiger charge is 2.03. The van der Waals surface area contributed by atoms with Crippen molar-refractivity contribution in [3.8, 4) is 6.07 Å². The lowest BCUT2D eigenvalue weighted by Crippen LogP contribution is -1.90. The first kappa shape index (κ1) is 9.76. The molecule has 0 aromatic heterocycles. The molecule has 1 rings (SSSR count). The summed E-state index contributed by atoms with van der Waals surface area (Å²) < 4.78 is 1.06. The van der Waals surface area contributed by atoms with Crippen LogP contribution >= 0.6 is 31.9 Å². The fourth-order valence-electron chi connectivity index (χ4n) is 1.00. The molecule has 0 saturated carbocycles. The fourth-order valence-corrected chi connectivity index (χ4v) is 2.59. The van der Waals surface area contributed by atoms with E-state index in [0.29, 0.717) is 6.42 Å². The molecular formula is C9H7Br2N. The molecule has 0 aliphatic heterocycles. The molecule has 0 saturated heterocycles. The van der Waals surface area contributed by atoms with Gasteiger partial charge in [-0.15, -0.1) is 0 Å². The molecule has 3 heteroatoms. The van der Waals surface area contributed by atoms with Crippen molar-refractivity contribution in [2.45, 2.75) is 11.8 Å². The molecular weight excluding hydrogens is 282 g/mol. The largest absolute Gasteiger partial charge is 0.198 e. The van der Waals surface area contributed by atoms with Gasteiger partial charge in [-0.3, -0.25) is 0 Å². The van der Waals surface area contributed by atoms with Gasteiger partial charge in [-0.1, -0.05) is 44.0 Å². The Morgan fingerprint density at radius 3 is 2.75 bits per heavy atom. The fraction of sp³-hybridized carbons (Fsp3) is 0.222. The molecule has 0 spiro atoms. The molecule has 0 aliphatic rings. The van der Waals surface area contributed by atoms with Crippen molar-refractivity contribution in [1.29, 1.82) is 5.26 Å². The molecule has 0 fully saturated rings. The Morgan fingerprint density at radius 1 is 1.42 bits per heavy atom. The molecule has 12 heavy (non-hydrogen) atoms. The zero-order valence-electron chi connectivity index (χ0n) is 6.35. The first-order valence-electron chi connectivity index (χ1n) is 3.48. The van der Waals surface area contributed by atoms with E-state index in [0.717, 1.165) is 15.4 Å². The maximum atomic E-state index is 8.55. The second-order valence-corrected chi connectivity index (χ2v) is 3.76. The van der Waals surface area contributed by atoms with Gasteiger partial charge in [0, 0.05) is 9.80 Å². The van der Waals surface area contributed by atoms with Crippen LogP contribution in [-0.2, 0) is 11.8 Å². The van der Waals surface area contributed by atoms with E-state index < -0.39 is 0 Å². The Balaban J connectivity index is 3.11. The van der Waals surface area contributed by atoms with Crippen LogP contribution in [0.4, 0.5) is 0 Å². The third-order valence-corrected chi connectivity index (χ3v) is 2.92. The zero-order valence-corrected chi connectivity index (χ0v) is 9.52. The molecule has 1 aromatic carbocycles. The van der Waals surface area contributed by atoms with Gasteiger partial charge in [0.1, 0.15) is 0 Å². The van der Waals surface area contributed by atoms with Gasteiger partial charge in [0.2, 0.25) is 0 Å². The summed E-state index contributed by atoms with van der Waals surface area (Å²) in [5.74, 6) is 0.